The molecule has 6 nitrogen and oxygen atoms in total. The molecule has 0 radical (unpaired) electrons. The Balaban J connectivity index is 1.89. The molecule has 0 aromatic rings. The lowest BCUT2D eigenvalue weighted by molar-refractivity contribution is -0.149. The van der Waals surface area contributed by atoms with Gasteiger partial charge in [0.2, 0.25) is 5.91 Å². The van der Waals surface area contributed by atoms with Crippen molar-refractivity contribution in [1.82, 2.24) is 5.32 Å². The minimum absolute atomic E-state index is 0.134. The maximum atomic E-state index is 12.1. The Labute approximate surface area is 112 Å². The number of carbonyl (C=O) groups is 2. The van der Waals surface area contributed by atoms with Crippen molar-refractivity contribution in [3.63, 3.8) is 0 Å². The van der Waals surface area contributed by atoms with Crippen LogP contribution in [-0.2, 0) is 14.3 Å². The first-order valence-electron chi connectivity index (χ1n) is 6.82. The number of rotatable bonds is 4. The van der Waals surface area contributed by atoms with Crippen molar-refractivity contribution >= 4 is 11.9 Å². The quantitative estimate of drug-likeness (QED) is 0.676. The Hall–Kier alpha value is -1.14. The topological polar surface area (TPSA) is 95.9 Å². The first kappa shape index (κ1) is 14.3. The summed E-state index contributed by atoms with van der Waals surface area (Å²) in [6.45, 7) is 0.850. The summed E-state index contributed by atoms with van der Waals surface area (Å²) in [4.78, 5) is 23.2. The van der Waals surface area contributed by atoms with Crippen LogP contribution in [0.15, 0.2) is 0 Å². The van der Waals surface area contributed by atoms with E-state index in [-0.39, 0.29) is 19.1 Å². The molecular formula is C13H21NO5. The van der Waals surface area contributed by atoms with E-state index in [2.05, 4.69) is 5.32 Å². The number of ether oxygens (including phenoxy) is 1. The van der Waals surface area contributed by atoms with Gasteiger partial charge in [-0.2, -0.15) is 0 Å². The van der Waals surface area contributed by atoms with Gasteiger partial charge in [-0.25, -0.2) is 0 Å². The minimum Gasteiger partial charge on any atom is -0.481 e. The van der Waals surface area contributed by atoms with Gasteiger partial charge in [0.25, 0.3) is 0 Å². The summed E-state index contributed by atoms with van der Waals surface area (Å²) in [5, 5.41) is 21.9. The van der Waals surface area contributed by atoms with Gasteiger partial charge in [-0.3, -0.25) is 9.59 Å². The first-order chi connectivity index (χ1) is 9.02. The molecule has 3 unspecified atom stereocenters. The van der Waals surface area contributed by atoms with Crippen LogP contribution >= 0.6 is 0 Å². The predicted octanol–water partition coefficient (Wildman–Crippen LogP) is 0.145. The molecule has 1 saturated heterocycles. The molecule has 0 spiro atoms. The van der Waals surface area contributed by atoms with Crippen molar-refractivity contribution in [3.8, 4) is 0 Å². The molecule has 1 saturated carbocycles. The molecule has 3 N–H and O–H groups in total. The van der Waals surface area contributed by atoms with Gasteiger partial charge in [0.1, 0.15) is 5.60 Å². The summed E-state index contributed by atoms with van der Waals surface area (Å²) >= 11 is 0. The lowest BCUT2D eigenvalue weighted by Gasteiger charge is -2.29. The highest BCUT2D eigenvalue weighted by molar-refractivity contribution is 5.84. The Morgan fingerprint density at radius 2 is 1.95 bits per heavy atom. The zero-order chi connectivity index (χ0) is 13.9. The number of hydrogen-bond donors (Lipinski definition) is 3. The van der Waals surface area contributed by atoms with E-state index in [1.54, 1.807) is 0 Å². The summed E-state index contributed by atoms with van der Waals surface area (Å²) < 4.78 is 5.10. The molecule has 0 aromatic heterocycles. The molecular weight excluding hydrogens is 250 g/mol. The van der Waals surface area contributed by atoms with E-state index in [9.17, 15) is 14.7 Å². The Kier molecular flexibility index (Phi) is 4.42. The average molecular weight is 271 g/mol. The fourth-order valence-corrected chi connectivity index (χ4v) is 2.86. The third kappa shape index (κ3) is 3.45. The van der Waals surface area contributed by atoms with Crippen LogP contribution in [0.2, 0.25) is 0 Å². The van der Waals surface area contributed by atoms with Crippen molar-refractivity contribution < 1.29 is 24.5 Å². The molecule has 1 heterocycles. The lowest BCUT2D eigenvalue weighted by atomic mass is 9.78. The van der Waals surface area contributed by atoms with E-state index >= 15 is 0 Å². The van der Waals surface area contributed by atoms with Gasteiger partial charge in [-0.15, -0.1) is 0 Å². The first-order valence-corrected chi connectivity index (χ1v) is 6.82. The average Bonchev–Trinajstić information content (AvgIpc) is 2.83. The van der Waals surface area contributed by atoms with E-state index in [0.29, 0.717) is 25.9 Å². The Morgan fingerprint density at radius 3 is 2.53 bits per heavy atom. The van der Waals surface area contributed by atoms with Gasteiger partial charge in [0.05, 0.1) is 18.4 Å². The number of hydrogen-bond acceptors (Lipinski definition) is 4. The van der Waals surface area contributed by atoms with E-state index < -0.39 is 23.4 Å². The summed E-state index contributed by atoms with van der Waals surface area (Å²) in [5.74, 6) is -2.23. The van der Waals surface area contributed by atoms with Crippen LogP contribution < -0.4 is 5.32 Å². The molecule has 3 atom stereocenters. The molecule has 1 aliphatic heterocycles. The van der Waals surface area contributed by atoms with E-state index in [1.807, 2.05) is 0 Å². The van der Waals surface area contributed by atoms with Gasteiger partial charge in [0.15, 0.2) is 0 Å². The van der Waals surface area contributed by atoms with Crippen molar-refractivity contribution in [2.75, 3.05) is 19.8 Å². The molecule has 2 aliphatic rings. The second-order valence-corrected chi connectivity index (χ2v) is 5.58. The number of aliphatic carboxylic acids is 1. The summed E-state index contributed by atoms with van der Waals surface area (Å²) in [6, 6.07) is 0. The maximum Gasteiger partial charge on any atom is 0.307 e. The molecule has 2 fully saturated rings. The van der Waals surface area contributed by atoms with Crippen LogP contribution in [-0.4, -0.2) is 47.4 Å². The van der Waals surface area contributed by atoms with Crippen LogP contribution in [0.25, 0.3) is 0 Å². The fourth-order valence-electron chi connectivity index (χ4n) is 2.86. The zero-order valence-corrected chi connectivity index (χ0v) is 10.9. The van der Waals surface area contributed by atoms with Crippen molar-refractivity contribution in [2.24, 2.45) is 11.8 Å². The van der Waals surface area contributed by atoms with Crippen molar-refractivity contribution in [1.29, 1.82) is 0 Å². The maximum absolute atomic E-state index is 12.1. The molecule has 0 aromatic carbocycles. The molecule has 2 rings (SSSR count). The highest BCUT2D eigenvalue weighted by Crippen LogP contribution is 2.30. The van der Waals surface area contributed by atoms with E-state index in [0.717, 1.165) is 12.8 Å². The SMILES string of the molecule is O=C(O)C1CCCCC1C(=O)NCC1(O)CCOC1. The van der Waals surface area contributed by atoms with Crippen LogP contribution in [0.4, 0.5) is 0 Å². The summed E-state index contributed by atoms with van der Waals surface area (Å²) in [7, 11) is 0. The van der Waals surface area contributed by atoms with Gasteiger partial charge in [-0.1, -0.05) is 12.8 Å². The fraction of sp³-hybridized carbons (Fsp3) is 0.846. The van der Waals surface area contributed by atoms with Gasteiger partial charge < -0.3 is 20.3 Å². The Bertz CT molecular complexity index is 351. The molecule has 19 heavy (non-hydrogen) atoms. The second kappa shape index (κ2) is 5.88. The normalized spacial score (nSPS) is 35.0. The standard InChI is InChI=1S/C13H21NO5/c15-11(14-7-13(18)5-6-19-8-13)9-3-1-2-4-10(9)12(16)17/h9-10,18H,1-8H2,(H,14,15)(H,16,17). The van der Waals surface area contributed by atoms with E-state index in [1.165, 1.54) is 0 Å². The largest absolute Gasteiger partial charge is 0.481 e. The number of carboxylic acid groups (broad SMARTS) is 1. The van der Waals surface area contributed by atoms with Gasteiger partial charge in [-0.05, 0) is 12.8 Å². The van der Waals surface area contributed by atoms with Crippen molar-refractivity contribution in [2.45, 2.75) is 37.7 Å². The van der Waals surface area contributed by atoms with Crippen LogP contribution in [0.5, 0.6) is 0 Å². The molecule has 1 aliphatic carbocycles. The second-order valence-electron chi connectivity index (χ2n) is 5.58. The zero-order valence-electron chi connectivity index (χ0n) is 10.9. The summed E-state index contributed by atoms with van der Waals surface area (Å²) in [6.07, 6.45) is 3.41. The molecule has 108 valence electrons. The molecule has 6 heteroatoms. The minimum atomic E-state index is -0.997. The number of carboxylic acids is 1. The number of carbonyl (C=O) groups excluding carboxylic acids is 1. The highest BCUT2D eigenvalue weighted by Gasteiger charge is 2.38. The third-order valence-corrected chi connectivity index (χ3v) is 4.09. The predicted molar refractivity (Wildman–Crippen MR) is 66.5 cm³/mol. The number of aliphatic hydroxyl groups is 1. The van der Waals surface area contributed by atoms with Crippen LogP contribution in [0.3, 0.4) is 0 Å². The van der Waals surface area contributed by atoms with Gasteiger partial charge in [0, 0.05) is 19.6 Å². The monoisotopic (exact) mass is 271 g/mol. The van der Waals surface area contributed by atoms with E-state index in [4.69, 9.17) is 9.84 Å². The number of amides is 1. The molecule has 1 amide bonds. The highest BCUT2D eigenvalue weighted by atomic mass is 16.5. The Morgan fingerprint density at radius 1 is 1.26 bits per heavy atom. The molecule has 0 bridgehead atoms. The third-order valence-electron chi connectivity index (χ3n) is 4.09. The van der Waals surface area contributed by atoms with Crippen LogP contribution in [0.1, 0.15) is 32.1 Å². The van der Waals surface area contributed by atoms with Crippen LogP contribution in [0, 0.1) is 11.8 Å². The lowest BCUT2D eigenvalue weighted by Crippen LogP contribution is -2.47. The van der Waals surface area contributed by atoms with Crippen molar-refractivity contribution in [3.05, 3.63) is 0 Å². The number of nitrogens with one attached hydrogen (secondary N) is 1. The smallest absolute Gasteiger partial charge is 0.307 e. The summed E-state index contributed by atoms with van der Waals surface area (Å²) in [5.41, 5.74) is -0.997. The van der Waals surface area contributed by atoms with Gasteiger partial charge >= 0.3 is 5.97 Å².